The minimum Gasteiger partial charge on any atom is -0.493 e. The smallest absolute Gasteiger partial charge is 0.420 e. The van der Waals surface area contributed by atoms with E-state index in [0.717, 1.165) is 17.8 Å². The molecule has 0 aliphatic carbocycles. The first-order chi connectivity index (χ1) is 9.38. The molecule has 110 valence electrons. The molecule has 0 saturated carbocycles. The van der Waals surface area contributed by atoms with E-state index in [1.165, 1.54) is 12.1 Å². The number of nitrogens with zero attached hydrogens (tertiary/aromatic N) is 1. The topological polar surface area (TPSA) is 33.0 Å². The molecule has 0 N–H and O–H groups in total. The predicted molar refractivity (Wildman–Crippen MR) is 73.8 cm³/mol. The molecule has 1 unspecified atom stereocenters. The van der Waals surface area contributed by atoms with E-state index >= 15 is 0 Å². The number of benzene rings is 1. The van der Waals surface area contributed by atoms with E-state index in [2.05, 4.69) is 15.9 Å². The average molecular weight is 350 g/mol. The molecule has 0 bridgehead atoms. The Morgan fingerprint density at radius 1 is 1.35 bits per heavy atom. The summed E-state index contributed by atoms with van der Waals surface area (Å²) in [5.74, 6) is 0.157. The Morgan fingerprint density at radius 2 is 2.05 bits per heavy atom. The molecule has 0 radical (unpaired) electrons. The van der Waals surface area contributed by atoms with Gasteiger partial charge in [-0.2, -0.15) is 18.4 Å². The van der Waals surface area contributed by atoms with Gasteiger partial charge in [-0.15, -0.1) is 0 Å². The lowest BCUT2D eigenvalue weighted by Gasteiger charge is -2.15. The molecule has 0 heterocycles. The molecule has 1 atom stereocenters. The number of hydrogen-bond acceptors (Lipinski definition) is 2. The molecule has 0 aliphatic heterocycles. The van der Waals surface area contributed by atoms with Crippen LogP contribution in [-0.2, 0) is 6.18 Å². The fourth-order valence-corrected chi connectivity index (χ4v) is 2.43. The lowest BCUT2D eigenvalue weighted by atomic mass is 10.1. The molecule has 0 aliphatic rings. The quantitative estimate of drug-likeness (QED) is 0.693. The van der Waals surface area contributed by atoms with Gasteiger partial charge in [0.05, 0.1) is 23.8 Å². The summed E-state index contributed by atoms with van der Waals surface area (Å²) in [5, 5.41) is 9.52. The highest BCUT2D eigenvalue weighted by atomic mass is 79.9. The van der Waals surface area contributed by atoms with Gasteiger partial charge in [-0.3, -0.25) is 0 Å². The van der Waals surface area contributed by atoms with Crippen molar-refractivity contribution >= 4 is 15.9 Å². The van der Waals surface area contributed by atoms with Crippen molar-refractivity contribution in [2.45, 2.75) is 25.9 Å². The summed E-state index contributed by atoms with van der Waals surface area (Å²) in [7, 11) is 0. The molecule has 0 saturated heterocycles. The van der Waals surface area contributed by atoms with Crippen LogP contribution in [-0.4, -0.2) is 11.9 Å². The minimum absolute atomic E-state index is 0.0302. The molecule has 20 heavy (non-hydrogen) atoms. The van der Waals surface area contributed by atoms with Gasteiger partial charge < -0.3 is 4.74 Å². The van der Waals surface area contributed by atoms with Gasteiger partial charge >= 0.3 is 6.18 Å². The van der Waals surface area contributed by atoms with E-state index in [1.54, 1.807) is 6.07 Å². The molecule has 0 amide bonds. The fraction of sp³-hybridized carbons (Fsp3) is 0.500. The summed E-state index contributed by atoms with van der Waals surface area (Å²) in [6.07, 6.45) is -2.89. The Bertz CT molecular complexity index is 482. The monoisotopic (exact) mass is 349 g/mol. The van der Waals surface area contributed by atoms with Crippen LogP contribution >= 0.6 is 15.9 Å². The van der Waals surface area contributed by atoms with Gasteiger partial charge in [0.1, 0.15) is 5.75 Å². The first kappa shape index (κ1) is 16.8. The van der Waals surface area contributed by atoms with Gasteiger partial charge in [0.15, 0.2) is 0 Å². The molecular formula is C14H15BrF3NO. The normalized spacial score (nSPS) is 12.8. The lowest BCUT2D eigenvalue weighted by Crippen LogP contribution is -2.11. The zero-order chi connectivity index (χ0) is 15.2. The molecule has 2 nitrogen and oxygen atoms in total. The van der Waals surface area contributed by atoms with Crippen molar-refractivity contribution in [1.82, 2.24) is 0 Å². The van der Waals surface area contributed by atoms with E-state index in [-0.39, 0.29) is 17.9 Å². The van der Waals surface area contributed by atoms with Crippen LogP contribution in [0.25, 0.3) is 0 Å². The Morgan fingerprint density at radius 3 is 2.60 bits per heavy atom. The highest BCUT2D eigenvalue weighted by molar-refractivity contribution is 9.09. The van der Waals surface area contributed by atoms with Gasteiger partial charge in [0, 0.05) is 5.33 Å². The van der Waals surface area contributed by atoms with Crippen LogP contribution < -0.4 is 4.74 Å². The van der Waals surface area contributed by atoms with E-state index in [1.807, 2.05) is 6.92 Å². The average Bonchev–Trinajstić information content (AvgIpc) is 2.38. The SMILES string of the molecule is CC(CCBr)CCOc1ccc(C#N)cc1C(F)(F)F. The number of hydrogen-bond donors (Lipinski definition) is 0. The largest absolute Gasteiger partial charge is 0.493 e. The van der Waals surface area contributed by atoms with Gasteiger partial charge in [0.2, 0.25) is 0 Å². The van der Waals surface area contributed by atoms with E-state index < -0.39 is 11.7 Å². The van der Waals surface area contributed by atoms with Crippen molar-refractivity contribution in [3.05, 3.63) is 29.3 Å². The lowest BCUT2D eigenvalue weighted by molar-refractivity contribution is -0.139. The van der Waals surface area contributed by atoms with Crippen LogP contribution in [0.15, 0.2) is 18.2 Å². The molecule has 0 aromatic heterocycles. The van der Waals surface area contributed by atoms with Crippen molar-refractivity contribution in [3.8, 4) is 11.8 Å². The standard InChI is InChI=1S/C14H15BrF3NO/c1-10(4-6-15)5-7-20-13-3-2-11(9-19)8-12(13)14(16,17)18/h2-3,8,10H,4-7H2,1H3. The third-order valence-corrected chi connectivity index (χ3v) is 3.34. The maximum atomic E-state index is 12.9. The van der Waals surface area contributed by atoms with Crippen molar-refractivity contribution in [1.29, 1.82) is 5.26 Å². The second-order valence-corrected chi connectivity index (χ2v) is 5.33. The second-order valence-electron chi connectivity index (χ2n) is 4.54. The Hall–Kier alpha value is -1.22. The summed E-state index contributed by atoms with van der Waals surface area (Å²) in [5.41, 5.74) is -0.929. The summed E-state index contributed by atoms with van der Waals surface area (Å²) in [4.78, 5) is 0. The molecular weight excluding hydrogens is 335 g/mol. The third-order valence-electron chi connectivity index (χ3n) is 2.88. The van der Waals surface area contributed by atoms with Gasteiger partial charge in [0.25, 0.3) is 0 Å². The predicted octanol–water partition coefficient (Wildman–Crippen LogP) is 4.77. The zero-order valence-corrected chi connectivity index (χ0v) is 12.6. The van der Waals surface area contributed by atoms with Crippen molar-refractivity contribution in [3.63, 3.8) is 0 Å². The van der Waals surface area contributed by atoms with Crippen molar-refractivity contribution in [2.24, 2.45) is 5.92 Å². The number of ether oxygens (including phenoxy) is 1. The third kappa shape index (κ3) is 5.04. The van der Waals surface area contributed by atoms with Crippen LogP contribution in [0, 0.1) is 17.2 Å². The fourth-order valence-electron chi connectivity index (χ4n) is 1.65. The van der Waals surface area contributed by atoms with Crippen LogP contribution in [0.4, 0.5) is 13.2 Å². The Kier molecular flexibility index (Phi) is 6.34. The minimum atomic E-state index is -4.52. The van der Waals surface area contributed by atoms with E-state index in [9.17, 15) is 13.2 Å². The Balaban J connectivity index is 2.77. The van der Waals surface area contributed by atoms with Crippen LogP contribution in [0.3, 0.4) is 0 Å². The molecule has 1 aromatic rings. The number of rotatable bonds is 6. The summed E-state index contributed by atoms with van der Waals surface area (Å²) in [6.45, 7) is 2.25. The molecule has 0 spiro atoms. The van der Waals surface area contributed by atoms with E-state index in [4.69, 9.17) is 10.00 Å². The number of nitriles is 1. The van der Waals surface area contributed by atoms with Crippen molar-refractivity contribution in [2.75, 3.05) is 11.9 Å². The summed E-state index contributed by atoms with van der Waals surface area (Å²) in [6, 6.07) is 5.04. The molecule has 6 heteroatoms. The molecule has 1 rings (SSSR count). The van der Waals surface area contributed by atoms with Gasteiger partial charge in [-0.05, 0) is 37.0 Å². The first-order valence-electron chi connectivity index (χ1n) is 6.18. The second kappa shape index (κ2) is 7.53. The van der Waals surface area contributed by atoms with Crippen LogP contribution in [0.5, 0.6) is 5.75 Å². The molecule has 0 fully saturated rings. The van der Waals surface area contributed by atoms with Gasteiger partial charge in [-0.1, -0.05) is 22.9 Å². The zero-order valence-electron chi connectivity index (χ0n) is 11.0. The van der Waals surface area contributed by atoms with E-state index in [0.29, 0.717) is 12.3 Å². The summed E-state index contributed by atoms with van der Waals surface area (Å²) >= 11 is 3.32. The maximum absolute atomic E-state index is 12.9. The highest BCUT2D eigenvalue weighted by Crippen LogP contribution is 2.36. The van der Waals surface area contributed by atoms with Crippen LogP contribution in [0.2, 0.25) is 0 Å². The number of halogens is 4. The summed E-state index contributed by atoms with van der Waals surface area (Å²) < 4.78 is 43.9. The first-order valence-corrected chi connectivity index (χ1v) is 7.30. The number of alkyl halides is 4. The Labute approximate surface area is 124 Å². The molecule has 1 aromatic carbocycles. The highest BCUT2D eigenvalue weighted by Gasteiger charge is 2.34. The van der Waals surface area contributed by atoms with Crippen molar-refractivity contribution < 1.29 is 17.9 Å². The van der Waals surface area contributed by atoms with Gasteiger partial charge in [-0.25, -0.2) is 0 Å². The maximum Gasteiger partial charge on any atom is 0.420 e. The van der Waals surface area contributed by atoms with Crippen LogP contribution in [0.1, 0.15) is 30.9 Å².